The Kier molecular flexibility index (Phi) is 5.52. The minimum atomic E-state index is -3.72. The monoisotopic (exact) mass is 548 g/mol. The molecule has 3 aromatic rings. The molecule has 1 atom stereocenters. The van der Waals surface area contributed by atoms with Gasteiger partial charge in [-0.05, 0) is 75.1 Å². The molecule has 204 valence electrons. The van der Waals surface area contributed by atoms with E-state index in [0.717, 1.165) is 38.5 Å². The third kappa shape index (κ3) is 4.09. The van der Waals surface area contributed by atoms with E-state index in [1.165, 1.54) is 4.52 Å². The summed E-state index contributed by atoms with van der Waals surface area (Å²) in [5.74, 6) is 0.0442. The van der Waals surface area contributed by atoms with Crippen molar-refractivity contribution in [3.8, 4) is 11.3 Å². The third-order valence-corrected chi connectivity index (χ3v) is 11.1. The number of carbonyl (C=O) groups excluding carboxylic acids is 2. The van der Waals surface area contributed by atoms with Crippen LogP contribution < -0.4 is 11.1 Å². The second-order valence-electron chi connectivity index (χ2n) is 11.6. The molecule has 2 aromatic heterocycles. The number of aromatic nitrogens is 3. The highest BCUT2D eigenvalue weighted by Crippen LogP contribution is 2.42. The number of nitrogens with one attached hydrogen (secondary N) is 1. The molecule has 4 aliphatic rings. The predicted molar refractivity (Wildman–Crippen MR) is 145 cm³/mol. The van der Waals surface area contributed by atoms with Crippen LogP contribution in [0.4, 0.5) is 5.82 Å². The van der Waals surface area contributed by atoms with Crippen molar-refractivity contribution in [2.24, 2.45) is 5.92 Å². The fourth-order valence-electron chi connectivity index (χ4n) is 6.16. The van der Waals surface area contributed by atoms with Gasteiger partial charge in [-0.25, -0.2) is 17.9 Å². The minimum absolute atomic E-state index is 0.0622. The van der Waals surface area contributed by atoms with Crippen LogP contribution >= 0.6 is 0 Å². The second-order valence-corrected chi connectivity index (χ2v) is 13.8. The van der Waals surface area contributed by atoms with Crippen LogP contribution in [0.5, 0.6) is 0 Å². The highest BCUT2D eigenvalue weighted by Gasteiger charge is 2.43. The molecule has 39 heavy (non-hydrogen) atoms. The summed E-state index contributed by atoms with van der Waals surface area (Å²) in [4.78, 5) is 33.3. The summed E-state index contributed by atoms with van der Waals surface area (Å²) in [5.41, 5.74) is 8.73. The molecule has 3 fully saturated rings. The highest BCUT2D eigenvalue weighted by molar-refractivity contribution is 7.92. The quantitative estimate of drug-likeness (QED) is 0.461. The normalized spacial score (nSPS) is 20.5. The van der Waals surface area contributed by atoms with Crippen LogP contribution in [-0.4, -0.2) is 57.1 Å². The topological polar surface area (TPSA) is 140 Å². The maximum atomic E-state index is 13.9. The molecule has 11 heteroatoms. The Morgan fingerprint density at radius 2 is 1.87 bits per heavy atom. The Labute approximate surface area is 226 Å². The number of anilines is 1. The fraction of sp³-hybridized carbons (Fsp3) is 0.500. The molecule has 3 aliphatic carbocycles. The fourth-order valence-corrected chi connectivity index (χ4v) is 8.27. The summed E-state index contributed by atoms with van der Waals surface area (Å²) >= 11 is 0. The van der Waals surface area contributed by atoms with E-state index in [1.807, 2.05) is 11.0 Å². The summed E-state index contributed by atoms with van der Waals surface area (Å²) in [6, 6.07) is 5.43. The van der Waals surface area contributed by atoms with E-state index in [1.54, 1.807) is 18.3 Å². The first-order valence-corrected chi connectivity index (χ1v) is 15.4. The molecule has 3 saturated carbocycles. The summed E-state index contributed by atoms with van der Waals surface area (Å²) < 4.78 is 29.3. The van der Waals surface area contributed by atoms with Crippen molar-refractivity contribution in [2.75, 3.05) is 5.73 Å². The molecule has 3 heterocycles. The van der Waals surface area contributed by atoms with E-state index in [0.29, 0.717) is 53.3 Å². The van der Waals surface area contributed by atoms with Crippen molar-refractivity contribution in [1.82, 2.24) is 24.8 Å². The predicted octanol–water partition coefficient (Wildman–Crippen LogP) is 3.34. The molecule has 0 radical (unpaired) electrons. The first kappa shape index (κ1) is 24.6. The van der Waals surface area contributed by atoms with Gasteiger partial charge < -0.3 is 16.0 Å². The average Bonchev–Trinajstić information content (AvgIpc) is 3.80. The third-order valence-electron chi connectivity index (χ3n) is 8.79. The molecule has 7 rings (SSSR count). The molecule has 0 bridgehead atoms. The van der Waals surface area contributed by atoms with Gasteiger partial charge in [0.1, 0.15) is 5.56 Å². The van der Waals surface area contributed by atoms with E-state index in [2.05, 4.69) is 17.3 Å². The standard InChI is InChI=1S/C28H32N6O4S/c1-15(16-6-7-16)33-14-18-12-17(13-22(23(18)28(33)36)39(37,38)20-4-2-3-5-20)21-10-11-34-26(31-21)24(25(29)32-34)27(35)30-19-8-9-19/h10-13,15-16,19-20H,2-9,14H2,1H3,(H2,29,32)(H,30,35)/t15-/m0/s1. The first-order chi connectivity index (χ1) is 18.7. The van der Waals surface area contributed by atoms with Gasteiger partial charge in [-0.2, -0.15) is 0 Å². The number of rotatable bonds is 7. The molecule has 1 aromatic carbocycles. The zero-order valence-electron chi connectivity index (χ0n) is 21.9. The number of amides is 2. The Morgan fingerprint density at radius 1 is 1.13 bits per heavy atom. The highest BCUT2D eigenvalue weighted by atomic mass is 32.2. The first-order valence-electron chi connectivity index (χ1n) is 13.9. The van der Waals surface area contributed by atoms with Gasteiger partial charge >= 0.3 is 0 Å². The van der Waals surface area contributed by atoms with E-state index < -0.39 is 15.1 Å². The molecule has 10 nitrogen and oxygen atoms in total. The van der Waals surface area contributed by atoms with Crippen molar-refractivity contribution in [1.29, 1.82) is 0 Å². The van der Waals surface area contributed by atoms with Crippen molar-refractivity contribution in [3.05, 3.63) is 41.1 Å². The van der Waals surface area contributed by atoms with E-state index in [9.17, 15) is 18.0 Å². The van der Waals surface area contributed by atoms with Crippen LogP contribution in [0.15, 0.2) is 29.3 Å². The zero-order chi connectivity index (χ0) is 27.1. The van der Waals surface area contributed by atoms with E-state index in [-0.39, 0.29) is 40.2 Å². The summed E-state index contributed by atoms with van der Waals surface area (Å²) in [5, 5.41) is 6.71. The van der Waals surface area contributed by atoms with Gasteiger partial charge in [-0.3, -0.25) is 9.59 Å². The van der Waals surface area contributed by atoms with E-state index >= 15 is 0 Å². The lowest BCUT2D eigenvalue weighted by atomic mass is 10.0. The Hall–Kier alpha value is -3.47. The van der Waals surface area contributed by atoms with Crippen LogP contribution in [0, 0.1) is 5.92 Å². The van der Waals surface area contributed by atoms with Gasteiger partial charge in [-0.1, -0.05) is 12.8 Å². The van der Waals surface area contributed by atoms with Gasteiger partial charge in [0.2, 0.25) is 0 Å². The largest absolute Gasteiger partial charge is 0.381 e. The number of hydrogen-bond acceptors (Lipinski definition) is 7. The summed E-state index contributed by atoms with van der Waals surface area (Å²) in [7, 11) is -3.72. The van der Waals surface area contributed by atoms with Crippen LogP contribution in [-0.2, 0) is 16.4 Å². The molecule has 1 aliphatic heterocycles. The average molecular weight is 549 g/mol. The van der Waals surface area contributed by atoms with Crippen LogP contribution in [0.3, 0.4) is 0 Å². The lowest BCUT2D eigenvalue weighted by Crippen LogP contribution is -2.35. The number of nitrogens with zero attached hydrogens (tertiary/aromatic N) is 4. The van der Waals surface area contributed by atoms with Gasteiger partial charge in [0, 0.05) is 30.4 Å². The molecule has 0 spiro atoms. The van der Waals surface area contributed by atoms with Crippen molar-refractivity contribution < 1.29 is 18.0 Å². The number of sulfone groups is 1. The SMILES string of the molecule is C[C@@H](C1CC1)N1Cc2cc(-c3ccn4nc(N)c(C(=O)NC5CC5)c4n3)cc(S(=O)(=O)C3CCCC3)c2C1=O. The Bertz CT molecular complexity index is 1630. The number of fused-ring (bicyclic) bond motifs is 2. The molecular formula is C28H32N6O4S. The molecule has 3 N–H and O–H groups in total. The van der Waals surface area contributed by atoms with Crippen molar-refractivity contribution in [2.45, 2.75) is 87.1 Å². The maximum Gasteiger partial charge on any atom is 0.259 e. The van der Waals surface area contributed by atoms with Crippen LogP contribution in [0.1, 0.15) is 84.6 Å². The minimum Gasteiger partial charge on any atom is -0.381 e. The number of benzene rings is 1. The summed E-state index contributed by atoms with van der Waals surface area (Å²) in [6.45, 7) is 2.44. The smallest absolute Gasteiger partial charge is 0.259 e. The molecule has 2 amide bonds. The lowest BCUT2D eigenvalue weighted by Gasteiger charge is -2.24. The van der Waals surface area contributed by atoms with Gasteiger partial charge in [-0.15, -0.1) is 5.10 Å². The number of nitrogen functional groups attached to an aromatic ring is 1. The lowest BCUT2D eigenvalue weighted by molar-refractivity contribution is 0.0694. The number of hydrogen-bond donors (Lipinski definition) is 2. The van der Waals surface area contributed by atoms with Crippen LogP contribution in [0.25, 0.3) is 16.9 Å². The van der Waals surface area contributed by atoms with Crippen LogP contribution in [0.2, 0.25) is 0 Å². The number of carbonyl (C=O) groups is 2. The maximum absolute atomic E-state index is 13.9. The van der Waals surface area contributed by atoms with E-state index in [4.69, 9.17) is 10.7 Å². The summed E-state index contributed by atoms with van der Waals surface area (Å²) in [6.07, 6.45) is 8.69. The Morgan fingerprint density at radius 3 is 2.56 bits per heavy atom. The molecular weight excluding hydrogens is 516 g/mol. The van der Waals surface area contributed by atoms with Gasteiger partial charge in [0.05, 0.1) is 21.4 Å². The van der Waals surface area contributed by atoms with Crippen molar-refractivity contribution >= 4 is 33.1 Å². The van der Waals surface area contributed by atoms with Crippen molar-refractivity contribution in [3.63, 3.8) is 0 Å². The zero-order valence-corrected chi connectivity index (χ0v) is 22.7. The Balaban J connectivity index is 1.35. The molecule has 0 unspecified atom stereocenters. The van der Waals surface area contributed by atoms with Gasteiger partial charge in [0.25, 0.3) is 11.8 Å². The second kappa shape index (κ2) is 8.77. The molecule has 0 saturated heterocycles. The number of nitrogens with two attached hydrogens (primary N) is 1. The van der Waals surface area contributed by atoms with Gasteiger partial charge in [0.15, 0.2) is 21.3 Å².